The van der Waals surface area contributed by atoms with Crippen molar-refractivity contribution in [3.8, 4) is 5.75 Å². The van der Waals surface area contributed by atoms with Crippen molar-refractivity contribution in [2.24, 2.45) is 0 Å². The normalized spacial score (nSPS) is 10.2. The molecular formula is C22H21N3O3S. The second-order valence-electron chi connectivity index (χ2n) is 5.99. The van der Waals surface area contributed by atoms with E-state index in [2.05, 4.69) is 15.6 Å². The third-order valence-corrected chi connectivity index (χ3v) is 4.86. The third kappa shape index (κ3) is 6.08. The fourth-order valence-electron chi connectivity index (χ4n) is 2.48. The number of hydrogen-bond donors (Lipinski definition) is 2. The van der Waals surface area contributed by atoms with E-state index >= 15 is 0 Å². The van der Waals surface area contributed by atoms with Crippen molar-refractivity contribution in [1.29, 1.82) is 0 Å². The van der Waals surface area contributed by atoms with Crippen LogP contribution in [0.1, 0.15) is 17.3 Å². The molecule has 0 saturated carbocycles. The maximum Gasteiger partial charge on any atom is 0.258 e. The smallest absolute Gasteiger partial charge is 0.258 e. The molecule has 1 aromatic heterocycles. The Morgan fingerprint density at radius 3 is 2.48 bits per heavy atom. The largest absolute Gasteiger partial charge is 0.484 e. The summed E-state index contributed by atoms with van der Waals surface area (Å²) in [5.41, 5.74) is 1.12. The van der Waals surface area contributed by atoms with Gasteiger partial charge in [0.2, 0.25) is 0 Å². The Labute approximate surface area is 173 Å². The van der Waals surface area contributed by atoms with Gasteiger partial charge in [-0.25, -0.2) is 4.98 Å². The molecule has 0 bridgehead atoms. The molecule has 0 aliphatic heterocycles. The number of hydrogen-bond acceptors (Lipinski definition) is 5. The molecule has 1 heterocycles. The molecule has 2 amide bonds. The molecule has 0 saturated heterocycles. The number of carbonyl (C=O) groups is 2. The average Bonchev–Trinajstić information content (AvgIpc) is 2.74. The monoisotopic (exact) mass is 407 g/mol. The molecule has 0 aliphatic carbocycles. The van der Waals surface area contributed by atoms with Crippen molar-refractivity contribution in [3.05, 3.63) is 78.5 Å². The summed E-state index contributed by atoms with van der Waals surface area (Å²) in [6, 6.07) is 20.1. The van der Waals surface area contributed by atoms with Crippen LogP contribution in [0.4, 0.5) is 5.69 Å². The number of likely N-dealkylation sites (N-methyl/N-ethyl adjacent to an activating group) is 1. The summed E-state index contributed by atoms with van der Waals surface area (Å²) in [5, 5.41) is 6.17. The standard InChI is InChI=1S/C22H21N3O3S/c1-2-23-20(26)15-28-17-12-10-16(11-13-17)25-21(27)19-9-6-14-24-22(19)29-18-7-4-3-5-8-18/h3-14H,2,15H2,1H3,(H,23,26)(H,25,27). The van der Waals surface area contributed by atoms with Crippen LogP contribution in [0.25, 0.3) is 0 Å². The zero-order chi connectivity index (χ0) is 20.5. The summed E-state index contributed by atoms with van der Waals surface area (Å²) in [7, 11) is 0. The Balaban J connectivity index is 1.64. The van der Waals surface area contributed by atoms with Crippen molar-refractivity contribution in [2.75, 3.05) is 18.5 Å². The van der Waals surface area contributed by atoms with Crippen LogP contribution in [-0.4, -0.2) is 29.9 Å². The van der Waals surface area contributed by atoms with Gasteiger partial charge in [-0.1, -0.05) is 30.0 Å². The summed E-state index contributed by atoms with van der Waals surface area (Å²) >= 11 is 1.44. The van der Waals surface area contributed by atoms with Crippen LogP contribution >= 0.6 is 11.8 Å². The molecule has 148 valence electrons. The minimum atomic E-state index is -0.243. The molecule has 0 aliphatic rings. The van der Waals surface area contributed by atoms with E-state index in [0.717, 1.165) is 4.90 Å². The van der Waals surface area contributed by atoms with Crippen LogP contribution in [0, 0.1) is 0 Å². The van der Waals surface area contributed by atoms with Crippen LogP contribution in [0.3, 0.4) is 0 Å². The molecule has 0 spiro atoms. The molecule has 29 heavy (non-hydrogen) atoms. The van der Waals surface area contributed by atoms with Crippen molar-refractivity contribution in [1.82, 2.24) is 10.3 Å². The molecule has 2 aromatic carbocycles. The van der Waals surface area contributed by atoms with Crippen LogP contribution in [0.2, 0.25) is 0 Å². The Morgan fingerprint density at radius 2 is 1.76 bits per heavy atom. The fourth-order valence-corrected chi connectivity index (χ4v) is 3.38. The zero-order valence-corrected chi connectivity index (χ0v) is 16.7. The molecule has 3 rings (SSSR count). The maximum absolute atomic E-state index is 12.7. The lowest BCUT2D eigenvalue weighted by Crippen LogP contribution is -2.28. The molecule has 0 unspecified atom stereocenters. The van der Waals surface area contributed by atoms with Crippen LogP contribution in [-0.2, 0) is 4.79 Å². The highest BCUT2D eigenvalue weighted by atomic mass is 32.2. The maximum atomic E-state index is 12.7. The second-order valence-corrected chi connectivity index (χ2v) is 7.05. The molecule has 3 aromatic rings. The number of rotatable bonds is 8. The number of benzene rings is 2. The van der Waals surface area contributed by atoms with E-state index < -0.39 is 0 Å². The van der Waals surface area contributed by atoms with E-state index in [-0.39, 0.29) is 18.4 Å². The van der Waals surface area contributed by atoms with E-state index in [1.807, 2.05) is 37.3 Å². The first-order chi connectivity index (χ1) is 14.2. The Morgan fingerprint density at radius 1 is 1.00 bits per heavy atom. The summed E-state index contributed by atoms with van der Waals surface area (Å²) in [5.74, 6) is 0.133. The van der Waals surface area contributed by atoms with Gasteiger partial charge in [0, 0.05) is 23.3 Å². The summed E-state index contributed by atoms with van der Waals surface area (Å²) in [6.45, 7) is 2.36. The van der Waals surface area contributed by atoms with Crippen molar-refractivity contribution >= 4 is 29.3 Å². The first-order valence-electron chi connectivity index (χ1n) is 9.14. The van der Waals surface area contributed by atoms with E-state index in [0.29, 0.717) is 28.6 Å². The Kier molecular flexibility index (Phi) is 7.24. The number of anilines is 1. The number of nitrogens with zero attached hydrogens (tertiary/aromatic N) is 1. The average molecular weight is 407 g/mol. The van der Waals surface area contributed by atoms with Gasteiger partial charge >= 0.3 is 0 Å². The first-order valence-corrected chi connectivity index (χ1v) is 9.96. The molecule has 7 heteroatoms. The van der Waals surface area contributed by atoms with Gasteiger partial charge in [-0.3, -0.25) is 9.59 Å². The zero-order valence-electron chi connectivity index (χ0n) is 15.9. The molecule has 0 radical (unpaired) electrons. The SMILES string of the molecule is CCNC(=O)COc1ccc(NC(=O)c2cccnc2Sc2ccccc2)cc1. The van der Waals surface area contributed by atoms with Crippen LogP contribution in [0.15, 0.2) is 82.8 Å². The summed E-state index contributed by atoms with van der Waals surface area (Å²) in [4.78, 5) is 29.6. The van der Waals surface area contributed by atoms with Gasteiger partial charge in [0.05, 0.1) is 5.56 Å². The number of pyridine rings is 1. The van der Waals surface area contributed by atoms with Crippen molar-refractivity contribution < 1.29 is 14.3 Å². The predicted molar refractivity (Wildman–Crippen MR) is 113 cm³/mol. The van der Waals surface area contributed by atoms with Gasteiger partial charge in [0.25, 0.3) is 11.8 Å². The van der Waals surface area contributed by atoms with Gasteiger partial charge in [-0.15, -0.1) is 0 Å². The Bertz CT molecular complexity index is 963. The van der Waals surface area contributed by atoms with Crippen LogP contribution < -0.4 is 15.4 Å². The molecular weight excluding hydrogens is 386 g/mol. The van der Waals surface area contributed by atoms with Crippen molar-refractivity contribution in [2.45, 2.75) is 16.8 Å². The van der Waals surface area contributed by atoms with E-state index in [9.17, 15) is 9.59 Å². The summed E-state index contributed by atoms with van der Waals surface area (Å²) in [6.07, 6.45) is 1.67. The highest BCUT2D eigenvalue weighted by Crippen LogP contribution is 2.28. The van der Waals surface area contributed by atoms with E-state index in [1.165, 1.54) is 11.8 Å². The minimum absolute atomic E-state index is 0.0463. The van der Waals surface area contributed by atoms with Gasteiger partial charge in [0.15, 0.2) is 6.61 Å². The Hall–Kier alpha value is -3.32. The third-order valence-electron chi connectivity index (χ3n) is 3.83. The van der Waals surface area contributed by atoms with Gasteiger partial charge in [-0.05, 0) is 55.5 Å². The quantitative estimate of drug-likeness (QED) is 0.590. The molecule has 2 N–H and O–H groups in total. The van der Waals surface area contributed by atoms with Gasteiger partial charge in [-0.2, -0.15) is 0 Å². The minimum Gasteiger partial charge on any atom is -0.484 e. The summed E-state index contributed by atoms with van der Waals surface area (Å²) < 4.78 is 5.41. The van der Waals surface area contributed by atoms with E-state index in [4.69, 9.17) is 4.74 Å². The number of ether oxygens (including phenoxy) is 1. The highest BCUT2D eigenvalue weighted by Gasteiger charge is 2.14. The lowest BCUT2D eigenvalue weighted by Gasteiger charge is -2.10. The van der Waals surface area contributed by atoms with Crippen molar-refractivity contribution in [3.63, 3.8) is 0 Å². The molecule has 0 atom stereocenters. The number of aromatic nitrogens is 1. The number of nitrogens with one attached hydrogen (secondary N) is 2. The first kappa shape index (κ1) is 20.4. The van der Waals surface area contributed by atoms with Crippen LogP contribution in [0.5, 0.6) is 5.75 Å². The number of carbonyl (C=O) groups excluding carboxylic acids is 2. The van der Waals surface area contributed by atoms with Gasteiger partial charge in [0.1, 0.15) is 10.8 Å². The number of amides is 2. The lowest BCUT2D eigenvalue weighted by atomic mass is 10.2. The predicted octanol–water partition coefficient (Wildman–Crippen LogP) is 4.00. The lowest BCUT2D eigenvalue weighted by molar-refractivity contribution is -0.122. The van der Waals surface area contributed by atoms with E-state index in [1.54, 1.807) is 42.6 Å². The van der Waals surface area contributed by atoms with Gasteiger partial charge < -0.3 is 15.4 Å². The highest BCUT2D eigenvalue weighted by molar-refractivity contribution is 7.99. The topological polar surface area (TPSA) is 80.3 Å². The molecule has 6 nitrogen and oxygen atoms in total. The fraction of sp³-hybridized carbons (Fsp3) is 0.136. The molecule has 0 fully saturated rings. The second kappa shape index (κ2) is 10.3.